The molecule has 0 saturated carbocycles. The molecule has 8 heteroatoms. The first-order valence-electron chi connectivity index (χ1n) is 6.54. The van der Waals surface area contributed by atoms with Crippen molar-refractivity contribution < 1.29 is 28.6 Å². The SMILES string of the molecule is CC(N)Cn1ccc2cc(F)cc(F)c21.O=C(O)/C=C/C(=O)O. The molecule has 1 aromatic carbocycles. The zero-order chi connectivity index (χ0) is 17.6. The number of carboxylic acid groups (broad SMARTS) is 2. The number of nitrogens with zero attached hydrogens (tertiary/aromatic N) is 1. The maximum atomic E-state index is 13.5. The lowest BCUT2D eigenvalue weighted by molar-refractivity contribution is -0.134. The van der Waals surface area contributed by atoms with E-state index in [-0.39, 0.29) is 6.04 Å². The zero-order valence-corrected chi connectivity index (χ0v) is 12.2. The van der Waals surface area contributed by atoms with Crippen LogP contribution in [0.1, 0.15) is 6.92 Å². The predicted octanol–water partition coefficient (Wildman–Crippen LogP) is 1.98. The van der Waals surface area contributed by atoms with Crippen molar-refractivity contribution in [2.24, 2.45) is 5.73 Å². The average molecular weight is 326 g/mol. The maximum Gasteiger partial charge on any atom is 0.328 e. The van der Waals surface area contributed by atoms with Crippen molar-refractivity contribution in [1.29, 1.82) is 0 Å². The molecule has 0 spiro atoms. The molecule has 124 valence electrons. The van der Waals surface area contributed by atoms with Crippen molar-refractivity contribution in [3.8, 4) is 0 Å². The fourth-order valence-corrected chi connectivity index (χ4v) is 1.87. The number of rotatable bonds is 4. The number of aliphatic carboxylic acids is 2. The number of fused-ring (bicyclic) bond motifs is 1. The molecule has 0 bridgehead atoms. The minimum Gasteiger partial charge on any atom is -0.478 e. The second-order valence-corrected chi connectivity index (χ2v) is 4.78. The van der Waals surface area contributed by atoms with Crippen LogP contribution in [0.15, 0.2) is 36.5 Å². The van der Waals surface area contributed by atoms with Crippen LogP contribution in [0.3, 0.4) is 0 Å². The smallest absolute Gasteiger partial charge is 0.328 e. The summed E-state index contributed by atoms with van der Waals surface area (Å²) in [6.07, 6.45) is 2.83. The second kappa shape index (κ2) is 8.04. The van der Waals surface area contributed by atoms with E-state index in [2.05, 4.69) is 0 Å². The number of benzene rings is 1. The Morgan fingerprint density at radius 3 is 2.30 bits per heavy atom. The van der Waals surface area contributed by atoms with E-state index in [9.17, 15) is 18.4 Å². The molecule has 0 fully saturated rings. The van der Waals surface area contributed by atoms with E-state index in [1.807, 2.05) is 6.92 Å². The van der Waals surface area contributed by atoms with Gasteiger partial charge in [-0.05, 0) is 19.1 Å². The predicted molar refractivity (Wildman–Crippen MR) is 79.9 cm³/mol. The fraction of sp³-hybridized carbons (Fsp3) is 0.200. The van der Waals surface area contributed by atoms with Crippen LogP contribution in [0.2, 0.25) is 0 Å². The van der Waals surface area contributed by atoms with Crippen molar-refractivity contribution in [1.82, 2.24) is 4.57 Å². The number of aromatic nitrogens is 1. The molecule has 23 heavy (non-hydrogen) atoms. The second-order valence-electron chi connectivity index (χ2n) is 4.78. The summed E-state index contributed by atoms with van der Waals surface area (Å²) in [7, 11) is 0. The highest BCUT2D eigenvalue weighted by molar-refractivity contribution is 5.89. The third kappa shape index (κ3) is 5.87. The van der Waals surface area contributed by atoms with E-state index in [0.29, 0.717) is 29.6 Å². The van der Waals surface area contributed by atoms with Gasteiger partial charge in [0.2, 0.25) is 0 Å². The van der Waals surface area contributed by atoms with Crippen molar-refractivity contribution in [3.05, 3.63) is 48.2 Å². The first kappa shape index (κ1) is 18.3. The molecule has 0 radical (unpaired) electrons. The molecule has 6 nitrogen and oxygen atoms in total. The number of halogens is 2. The summed E-state index contributed by atoms with van der Waals surface area (Å²) < 4.78 is 28.1. The molecule has 1 heterocycles. The Kier molecular flexibility index (Phi) is 6.40. The summed E-state index contributed by atoms with van der Waals surface area (Å²) in [6, 6.07) is 3.82. The van der Waals surface area contributed by atoms with Gasteiger partial charge in [-0.3, -0.25) is 0 Å². The molecule has 0 aliphatic heterocycles. The Morgan fingerprint density at radius 2 is 1.83 bits per heavy atom. The van der Waals surface area contributed by atoms with Crippen LogP contribution < -0.4 is 5.73 Å². The lowest BCUT2D eigenvalue weighted by Gasteiger charge is -2.08. The summed E-state index contributed by atoms with van der Waals surface area (Å²) in [5.41, 5.74) is 6.05. The van der Waals surface area contributed by atoms with Crippen LogP contribution in [0.5, 0.6) is 0 Å². The Bertz CT molecular complexity index is 722. The monoisotopic (exact) mass is 326 g/mol. The van der Waals surface area contributed by atoms with Gasteiger partial charge in [0, 0.05) is 42.4 Å². The van der Waals surface area contributed by atoms with Crippen molar-refractivity contribution >= 4 is 22.8 Å². The Balaban J connectivity index is 0.000000284. The van der Waals surface area contributed by atoms with Gasteiger partial charge in [-0.15, -0.1) is 0 Å². The van der Waals surface area contributed by atoms with Crippen LogP contribution in [-0.4, -0.2) is 32.8 Å². The lowest BCUT2D eigenvalue weighted by atomic mass is 10.2. The van der Waals surface area contributed by atoms with Gasteiger partial charge in [0.05, 0.1) is 5.52 Å². The molecule has 2 aromatic rings. The van der Waals surface area contributed by atoms with Gasteiger partial charge in [0.1, 0.15) is 11.6 Å². The molecule has 0 amide bonds. The van der Waals surface area contributed by atoms with E-state index in [1.165, 1.54) is 6.07 Å². The minimum absolute atomic E-state index is 0.0648. The molecule has 0 aliphatic rings. The lowest BCUT2D eigenvalue weighted by Crippen LogP contribution is -2.21. The van der Waals surface area contributed by atoms with Gasteiger partial charge in [-0.2, -0.15) is 0 Å². The number of carboxylic acids is 2. The first-order chi connectivity index (χ1) is 10.7. The van der Waals surface area contributed by atoms with Crippen molar-refractivity contribution in [2.75, 3.05) is 0 Å². The molecular weight excluding hydrogens is 310 g/mol. The van der Waals surface area contributed by atoms with Crippen LogP contribution in [-0.2, 0) is 16.1 Å². The highest BCUT2D eigenvalue weighted by atomic mass is 19.1. The van der Waals surface area contributed by atoms with Crippen LogP contribution in [0, 0.1) is 11.6 Å². The summed E-state index contributed by atoms with van der Waals surface area (Å²) in [5, 5.41) is 16.2. The molecule has 2 rings (SSSR count). The zero-order valence-electron chi connectivity index (χ0n) is 12.2. The van der Waals surface area contributed by atoms with Gasteiger partial charge in [-0.1, -0.05) is 0 Å². The molecule has 1 unspecified atom stereocenters. The summed E-state index contributed by atoms with van der Waals surface area (Å²) in [6.45, 7) is 2.36. The van der Waals surface area contributed by atoms with Crippen molar-refractivity contribution in [3.63, 3.8) is 0 Å². The standard InChI is InChI=1S/C11H12F2N2.C4H4O4/c1-7(14)6-15-3-2-8-4-9(12)5-10(13)11(8)15;5-3(6)1-2-4(7)8/h2-5,7H,6,14H2,1H3;1-2H,(H,5,6)(H,7,8)/b;2-1+. The van der Waals surface area contributed by atoms with E-state index >= 15 is 0 Å². The third-order valence-electron chi connectivity index (χ3n) is 2.63. The highest BCUT2D eigenvalue weighted by Gasteiger charge is 2.09. The number of carbonyl (C=O) groups is 2. The quantitative estimate of drug-likeness (QED) is 0.745. The molecule has 4 N–H and O–H groups in total. The Labute approximate surface area is 130 Å². The van der Waals surface area contributed by atoms with E-state index in [0.717, 1.165) is 6.07 Å². The largest absolute Gasteiger partial charge is 0.478 e. The van der Waals surface area contributed by atoms with Gasteiger partial charge in [0.15, 0.2) is 0 Å². The summed E-state index contributed by atoms with van der Waals surface area (Å²) >= 11 is 0. The van der Waals surface area contributed by atoms with Crippen LogP contribution in [0.4, 0.5) is 8.78 Å². The van der Waals surface area contributed by atoms with E-state index in [1.54, 1.807) is 16.8 Å². The Morgan fingerprint density at radius 1 is 1.26 bits per heavy atom. The average Bonchev–Trinajstić information content (AvgIpc) is 2.79. The summed E-state index contributed by atoms with van der Waals surface area (Å²) in [4.78, 5) is 19.1. The number of hydrogen-bond donors (Lipinski definition) is 3. The normalized spacial score (nSPS) is 12.0. The van der Waals surface area contributed by atoms with Crippen LogP contribution in [0.25, 0.3) is 10.9 Å². The van der Waals surface area contributed by atoms with Gasteiger partial charge >= 0.3 is 11.9 Å². The van der Waals surface area contributed by atoms with Gasteiger partial charge in [0.25, 0.3) is 0 Å². The van der Waals surface area contributed by atoms with E-state index in [4.69, 9.17) is 15.9 Å². The minimum atomic E-state index is -1.26. The fourth-order valence-electron chi connectivity index (χ4n) is 1.87. The Hall–Kier alpha value is -2.74. The highest BCUT2D eigenvalue weighted by Crippen LogP contribution is 2.21. The first-order valence-corrected chi connectivity index (χ1v) is 6.54. The molecule has 1 aromatic heterocycles. The van der Waals surface area contributed by atoms with Gasteiger partial charge in [-0.25, -0.2) is 18.4 Å². The molecule has 0 saturated heterocycles. The van der Waals surface area contributed by atoms with Crippen LogP contribution >= 0.6 is 0 Å². The molecular formula is C15H16F2N2O4. The number of hydrogen-bond acceptors (Lipinski definition) is 3. The number of nitrogens with two attached hydrogens (primary N) is 1. The molecule has 0 aliphatic carbocycles. The van der Waals surface area contributed by atoms with E-state index < -0.39 is 23.6 Å². The van der Waals surface area contributed by atoms with Crippen molar-refractivity contribution in [2.45, 2.75) is 19.5 Å². The maximum absolute atomic E-state index is 13.5. The molecule has 1 atom stereocenters. The summed E-state index contributed by atoms with van der Waals surface area (Å²) in [5.74, 6) is -3.62. The topological polar surface area (TPSA) is 106 Å². The van der Waals surface area contributed by atoms with Gasteiger partial charge < -0.3 is 20.5 Å². The third-order valence-corrected chi connectivity index (χ3v) is 2.63.